The first kappa shape index (κ1) is 14.7. The van der Waals surface area contributed by atoms with Gasteiger partial charge in [-0.2, -0.15) is 11.8 Å². The van der Waals surface area contributed by atoms with Gasteiger partial charge in [0.2, 0.25) is 5.91 Å². The molecule has 7 nitrogen and oxygen atoms in total. The summed E-state index contributed by atoms with van der Waals surface area (Å²) in [7, 11) is 0. The molecule has 0 aliphatic carbocycles. The maximum absolute atomic E-state index is 11.3. The first-order valence-corrected chi connectivity index (χ1v) is 5.77. The Kier molecular flexibility index (Phi) is 6.50. The molecule has 0 aliphatic heterocycles. The predicted octanol–water partition coefficient (Wildman–Crippen LogP) is -1.28. The summed E-state index contributed by atoms with van der Waals surface area (Å²) >= 11 is 1.25. The summed E-state index contributed by atoms with van der Waals surface area (Å²) in [5.41, 5.74) is 5.27. The van der Waals surface area contributed by atoms with Crippen molar-refractivity contribution in [3.05, 3.63) is 0 Å². The molecule has 0 rings (SSSR count). The van der Waals surface area contributed by atoms with Gasteiger partial charge in [-0.25, -0.2) is 4.79 Å². The lowest BCUT2D eigenvalue weighted by Crippen LogP contribution is -2.50. The summed E-state index contributed by atoms with van der Waals surface area (Å²) in [4.78, 5) is 32.3. The first-order valence-electron chi connectivity index (χ1n) is 4.38. The second kappa shape index (κ2) is 7.07. The first-order chi connectivity index (χ1) is 7.38. The minimum absolute atomic E-state index is 0.195. The maximum atomic E-state index is 11.3. The molecule has 0 aromatic rings. The van der Waals surface area contributed by atoms with Gasteiger partial charge < -0.3 is 21.3 Å². The zero-order valence-corrected chi connectivity index (χ0v) is 9.49. The number of nitrogens with two attached hydrogens (primary N) is 1. The maximum Gasteiger partial charge on any atom is 0.327 e. The van der Waals surface area contributed by atoms with Crippen LogP contribution in [0.1, 0.15) is 6.42 Å². The van der Waals surface area contributed by atoms with Crippen molar-refractivity contribution in [1.29, 1.82) is 0 Å². The average molecular weight is 250 g/mol. The van der Waals surface area contributed by atoms with Crippen molar-refractivity contribution in [1.82, 2.24) is 5.32 Å². The van der Waals surface area contributed by atoms with Gasteiger partial charge in [-0.3, -0.25) is 9.59 Å². The fourth-order valence-electron chi connectivity index (χ4n) is 0.901. The SMILES string of the molecule is CSC[C@H](NC(=O)[C@@H](N)CC(=O)O)C(=O)O. The van der Waals surface area contributed by atoms with E-state index in [9.17, 15) is 14.4 Å². The molecule has 0 spiro atoms. The lowest BCUT2D eigenvalue weighted by molar-refractivity contribution is -0.142. The second-order valence-corrected chi connectivity index (χ2v) is 3.97. The number of hydrogen-bond donors (Lipinski definition) is 4. The summed E-state index contributed by atoms with van der Waals surface area (Å²) in [6.45, 7) is 0. The van der Waals surface area contributed by atoms with Crippen molar-refractivity contribution < 1.29 is 24.6 Å². The van der Waals surface area contributed by atoms with Gasteiger partial charge in [-0.15, -0.1) is 0 Å². The fraction of sp³-hybridized carbons (Fsp3) is 0.625. The van der Waals surface area contributed by atoms with Gasteiger partial charge in [-0.05, 0) is 6.26 Å². The van der Waals surface area contributed by atoms with Crippen LogP contribution in [-0.4, -0.2) is 52.2 Å². The Hall–Kier alpha value is -1.28. The van der Waals surface area contributed by atoms with Gasteiger partial charge in [0.05, 0.1) is 12.5 Å². The van der Waals surface area contributed by atoms with E-state index in [0.29, 0.717) is 0 Å². The molecule has 0 aromatic heterocycles. The zero-order chi connectivity index (χ0) is 12.7. The van der Waals surface area contributed by atoms with Crippen LogP contribution in [0.3, 0.4) is 0 Å². The third-order valence-electron chi connectivity index (χ3n) is 1.68. The fourth-order valence-corrected chi connectivity index (χ4v) is 1.46. The Morgan fingerprint density at radius 3 is 2.31 bits per heavy atom. The highest BCUT2D eigenvalue weighted by molar-refractivity contribution is 7.98. The van der Waals surface area contributed by atoms with Crippen LogP contribution in [-0.2, 0) is 14.4 Å². The third-order valence-corrected chi connectivity index (χ3v) is 2.35. The Bertz CT molecular complexity index is 284. The molecular formula is C8H14N2O5S. The molecule has 16 heavy (non-hydrogen) atoms. The Morgan fingerprint density at radius 1 is 1.38 bits per heavy atom. The van der Waals surface area contributed by atoms with Crippen LogP contribution in [0.4, 0.5) is 0 Å². The molecule has 0 bridgehead atoms. The number of carbonyl (C=O) groups excluding carboxylic acids is 1. The van der Waals surface area contributed by atoms with E-state index in [1.807, 2.05) is 0 Å². The molecule has 0 saturated heterocycles. The molecule has 0 heterocycles. The third kappa shape index (κ3) is 5.56. The van der Waals surface area contributed by atoms with Crippen LogP contribution in [0, 0.1) is 0 Å². The topological polar surface area (TPSA) is 130 Å². The Balaban J connectivity index is 4.28. The van der Waals surface area contributed by atoms with Crippen LogP contribution in [0.2, 0.25) is 0 Å². The molecule has 0 unspecified atom stereocenters. The van der Waals surface area contributed by atoms with Gasteiger partial charge in [0.15, 0.2) is 0 Å². The largest absolute Gasteiger partial charge is 0.481 e. The molecule has 0 saturated carbocycles. The van der Waals surface area contributed by atoms with E-state index in [-0.39, 0.29) is 5.75 Å². The van der Waals surface area contributed by atoms with Gasteiger partial charge in [-0.1, -0.05) is 0 Å². The molecule has 0 aromatic carbocycles. The molecular weight excluding hydrogens is 236 g/mol. The number of carboxylic acids is 2. The van der Waals surface area contributed by atoms with Gasteiger partial charge in [0.25, 0.3) is 0 Å². The average Bonchev–Trinajstić information content (AvgIpc) is 2.15. The number of aliphatic carboxylic acids is 2. The minimum atomic E-state index is -1.23. The highest BCUT2D eigenvalue weighted by atomic mass is 32.2. The van der Waals surface area contributed by atoms with Crippen molar-refractivity contribution >= 4 is 29.6 Å². The Morgan fingerprint density at radius 2 is 1.94 bits per heavy atom. The summed E-state index contributed by atoms with van der Waals surface area (Å²) in [6, 6.07) is -2.29. The summed E-state index contributed by atoms with van der Waals surface area (Å²) in [6.07, 6.45) is 1.16. The van der Waals surface area contributed by atoms with Crippen molar-refractivity contribution in [3.8, 4) is 0 Å². The van der Waals surface area contributed by atoms with Crippen molar-refractivity contribution in [3.63, 3.8) is 0 Å². The van der Waals surface area contributed by atoms with Crippen LogP contribution in [0.5, 0.6) is 0 Å². The molecule has 92 valence electrons. The minimum Gasteiger partial charge on any atom is -0.481 e. The number of amides is 1. The highest BCUT2D eigenvalue weighted by Gasteiger charge is 2.23. The van der Waals surface area contributed by atoms with Crippen LogP contribution >= 0.6 is 11.8 Å². The smallest absolute Gasteiger partial charge is 0.327 e. The lowest BCUT2D eigenvalue weighted by Gasteiger charge is -2.15. The molecule has 5 N–H and O–H groups in total. The molecule has 0 radical (unpaired) electrons. The summed E-state index contributed by atoms with van der Waals surface area (Å²) < 4.78 is 0. The molecule has 8 heteroatoms. The summed E-state index contributed by atoms with van der Waals surface area (Å²) in [5.74, 6) is -2.96. The van der Waals surface area contributed by atoms with Crippen LogP contribution in [0.25, 0.3) is 0 Å². The van der Waals surface area contributed by atoms with E-state index in [2.05, 4.69) is 5.32 Å². The van der Waals surface area contributed by atoms with E-state index in [0.717, 1.165) is 0 Å². The lowest BCUT2D eigenvalue weighted by atomic mass is 10.2. The highest BCUT2D eigenvalue weighted by Crippen LogP contribution is 1.99. The predicted molar refractivity (Wildman–Crippen MR) is 58.2 cm³/mol. The number of hydrogen-bond acceptors (Lipinski definition) is 5. The van der Waals surface area contributed by atoms with E-state index >= 15 is 0 Å². The molecule has 0 aliphatic rings. The van der Waals surface area contributed by atoms with Crippen LogP contribution in [0.15, 0.2) is 0 Å². The number of carboxylic acid groups (broad SMARTS) is 2. The van der Waals surface area contributed by atoms with Crippen LogP contribution < -0.4 is 11.1 Å². The number of rotatable bonds is 7. The Labute approximate surface area is 96.4 Å². The van der Waals surface area contributed by atoms with Gasteiger partial charge in [0.1, 0.15) is 6.04 Å². The van der Waals surface area contributed by atoms with Crippen molar-refractivity contribution in [2.75, 3.05) is 12.0 Å². The molecule has 0 fully saturated rings. The molecule has 1 amide bonds. The molecule has 2 atom stereocenters. The standard InChI is InChI=1S/C8H14N2O5S/c1-16-3-5(8(14)15)10-7(13)4(9)2-6(11)12/h4-5H,2-3,9H2,1H3,(H,10,13)(H,11,12)(H,14,15)/t4-,5-/m0/s1. The number of thioether (sulfide) groups is 1. The normalized spacial score (nSPS) is 13.9. The quantitative estimate of drug-likeness (QED) is 0.442. The van der Waals surface area contributed by atoms with E-state index < -0.39 is 36.4 Å². The van der Waals surface area contributed by atoms with E-state index in [1.165, 1.54) is 11.8 Å². The zero-order valence-electron chi connectivity index (χ0n) is 8.67. The number of carbonyl (C=O) groups is 3. The number of nitrogens with one attached hydrogen (secondary N) is 1. The van der Waals surface area contributed by atoms with E-state index in [4.69, 9.17) is 15.9 Å². The van der Waals surface area contributed by atoms with E-state index in [1.54, 1.807) is 6.26 Å². The van der Waals surface area contributed by atoms with Gasteiger partial charge in [0, 0.05) is 5.75 Å². The van der Waals surface area contributed by atoms with Crippen molar-refractivity contribution in [2.24, 2.45) is 5.73 Å². The monoisotopic (exact) mass is 250 g/mol. The second-order valence-electron chi connectivity index (χ2n) is 3.06. The summed E-state index contributed by atoms with van der Waals surface area (Å²) in [5, 5.41) is 19.3. The van der Waals surface area contributed by atoms with Gasteiger partial charge >= 0.3 is 11.9 Å². The van der Waals surface area contributed by atoms with Crippen molar-refractivity contribution in [2.45, 2.75) is 18.5 Å².